The van der Waals surface area contributed by atoms with Crippen LogP contribution in [-0.2, 0) is 0 Å². The van der Waals surface area contributed by atoms with Crippen molar-refractivity contribution in [3.05, 3.63) is 12.3 Å². The molecule has 0 bridgehead atoms. The molecular weight excluding hydrogens is 180 g/mol. The van der Waals surface area contributed by atoms with Crippen LogP contribution in [0.3, 0.4) is 0 Å². The maximum Gasteiger partial charge on any atom is 0.318 e. The molecule has 1 aliphatic carbocycles. The second-order valence-corrected chi connectivity index (χ2v) is 3.53. The topological polar surface area (TPSA) is 61.4 Å². The van der Waals surface area contributed by atoms with Crippen LogP contribution >= 0.6 is 0 Å². The van der Waals surface area contributed by atoms with E-state index in [0.717, 1.165) is 0 Å². The van der Waals surface area contributed by atoms with Crippen molar-refractivity contribution in [3.8, 4) is 0 Å². The number of amides is 2. The van der Waals surface area contributed by atoms with Gasteiger partial charge >= 0.3 is 6.03 Å². The molecule has 14 heavy (non-hydrogen) atoms. The second kappa shape index (κ2) is 6.43. The lowest BCUT2D eigenvalue weighted by Gasteiger charge is -2.03. The van der Waals surface area contributed by atoms with Crippen molar-refractivity contribution in [1.29, 1.82) is 0 Å². The Morgan fingerprint density at radius 3 is 2.79 bits per heavy atom. The van der Waals surface area contributed by atoms with Crippen molar-refractivity contribution in [1.82, 2.24) is 10.6 Å². The predicted molar refractivity (Wildman–Crippen MR) is 54.7 cm³/mol. The third-order valence-corrected chi connectivity index (χ3v) is 2.38. The first-order chi connectivity index (χ1) is 6.83. The van der Waals surface area contributed by atoms with Gasteiger partial charge in [-0.1, -0.05) is 18.9 Å². The van der Waals surface area contributed by atoms with Gasteiger partial charge in [0.15, 0.2) is 0 Å². The van der Waals surface area contributed by atoms with E-state index in [9.17, 15) is 4.79 Å². The van der Waals surface area contributed by atoms with Crippen molar-refractivity contribution in [2.45, 2.75) is 25.7 Å². The molecule has 3 N–H and O–H groups in total. The number of hydrogen-bond donors (Lipinski definition) is 3. The molecule has 0 saturated heterocycles. The summed E-state index contributed by atoms with van der Waals surface area (Å²) in [6.45, 7) is 0.267. The number of carbonyl (C=O) groups excluding carboxylic acids is 1. The average molecular weight is 198 g/mol. The number of nitrogens with one attached hydrogen (secondary N) is 2. The lowest BCUT2D eigenvalue weighted by Crippen LogP contribution is -2.34. The molecule has 1 fully saturated rings. The fourth-order valence-electron chi connectivity index (χ4n) is 1.63. The van der Waals surface area contributed by atoms with Gasteiger partial charge in [0.25, 0.3) is 0 Å². The molecule has 4 heteroatoms. The summed E-state index contributed by atoms with van der Waals surface area (Å²) in [5.74, 6) is 0.633. The first kappa shape index (κ1) is 11.0. The molecule has 1 rings (SSSR count). The number of allylic oxidation sites excluding steroid dienone is 1. The molecule has 0 spiro atoms. The molecule has 0 aromatic carbocycles. The largest absolute Gasteiger partial charge is 0.395 e. The summed E-state index contributed by atoms with van der Waals surface area (Å²) in [6.07, 6.45) is 8.80. The molecule has 0 heterocycles. The summed E-state index contributed by atoms with van der Waals surface area (Å²) in [7, 11) is 0. The summed E-state index contributed by atoms with van der Waals surface area (Å²) >= 11 is 0. The molecule has 0 atom stereocenters. The lowest BCUT2D eigenvalue weighted by atomic mass is 10.1. The molecule has 2 amide bonds. The first-order valence-corrected chi connectivity index (χ1v) is 5.15. The van der Waals surface area contributed by atoms with Gasteiger partial charge < -0.3 is 15.7 Å². The molecular formula is C10H18N2O2. The molecule has 0 aliphatic heterocycles. The van der Waals surface area contributed by atoms with Crippen molar-refractivity contribution in [2.24, 2.45) is 5.92 Å². The highest BCUT2D eigenvalue weighted by molar-refractivity contribution is 5.74. The van der Waals surface area contributed by atoms with Crippen LogP contribution in [-0.4, -0.2) is 24.3 Å². The van der Waals surface area contributed by atoms with Crippen LogP contribution in [0.15, 0.2) is 12.3 Å². The highest BCUT2D eigenvalue weighted by Crippen LogP contribution is 2.25. The summed E-state index contributed by atoms with van der Waals surface area (Å²) in [6, 6.07) is -0.256. The summed E-state index contributed by atoms with van der Waals surface area (Å²) in [5.41, 5.74) is 0. The van der Waals surface area contributed by atoms with E-state index >= 15 is 0 Å². The lowest BCUT2D eigenvalue weighted by molar-refractivity contribution is 0.237. The van der Waals surface area contributed by atoms with Gasteiger partial charge in [0.05, 0.1) is 6.61 Å². The highest BCUT2D eigenvalue weighted by atomic mass is 16.3. The summed E-state index contributed by atoms with van der Waals surface area (Å²) in [4.78, 5) is 11.0. The van der Waals surface area contributed by atoms with Crippen molar-refractivity contribution in [3.63, 3.8) is 0 Å². The first-order valence-electron chi connectivity index (χ1n) is 5.15. The highest BCUT2D eigenvalue weighted by Gasteiger charge is 2.10. The second-order valence-electron chi connectivity index (χ2n) is 3.53. The minimum atomic E-state index is -0.256. The van der Waals surface area contributed by atoms with Crippen LogP contribution in [0.25, 0.3) is 0 Å². The van der Waals surface area contributed by atoms with E-state index in [-0.39, 0.29) is 12.6 Å². The van der Waals surface area contributed by atoms with Crippen LogP contribution in [0, 0.1) is 5.92 Å². The molecule has 1 aliphatic rings. The van der Waals surface area contributed by atoms with E-state index in [1.807, 2.05) is 6.08 Å². The van der Waals surface area contributed by atoms with Gasteiger partial charge in [-0.3, -0.25) is 0 Å². The third kappa shape index (κ3) is 4.28. The van der Waals surface area contributed by atoms with E-state index in [1.165, 1.54) is 25.7 Å². The minimum Gasteiger partial charge on any atom is -0.395 e. The van der Waals surface area contributed by atoms with Crippen molar-refractivity contribution in [2.75, 3.05) is 13.2 Å². The number of rotatable bonds is 4. The Labute approximate surface area is 84.4 Å². The normalized spacial score (nSPS) is 17.5. The number of hydrogen-bond acceptors (Lipinski definition) is 2. The molecule has 0 aromatic heterocycles. The monoisotopic (exact) mass is 198 g/mol. The standard InChI is InChI=1S/C10H18N2O2/c13-8-7-12-10(14)11-6-5-9-3-1-2-4-9/h5-6,9,13H,1-4,7-8H2,(H2,11,12,14)/b6-5+. The van der Waals surface area contributed by atoms with E-state index < -0.39 is 0 Å². The quantitative estimate of drug-likeness (QED) is 0.630. The maximum absolute atomic E-state index is 11.0. The van der Waals surface area contributed by atoms with Crippen molar-refractivity contribution >= 4 is 6.03 Å². The molecule has 0 aromatic rings. The van der Waals surface area contributed by atoms with Crippen LogP contribution in [0.4, 0.5) is 4.79 Å². The number of urea groups is 1. The number of carbonyl (C=O) groups is 1. The minimum absolute atomic E-state index is 0.0280. The zero-order chi connectivity index (χ0) is 10.2. The van der Waals surface area contributed by atoms with Crippen LogP contribution in [0.2, 0.25) is 0 Å². The van der Waals surface area contributed by atoms with E-state index in [2.05, 4.69) is 10.6 Å². The molecule has 80 valence electrons. The Morgan fingerprint density at radius 2 is 2.14 bits per heavy atom. The van der Waals surface area contributed by atoms with Crippen LogP contribution in [0.1, 0.15) is 25.7 Å². The van der Waals surface area contributed by atoms with Gasteiger partial charge in [-0.05, 0) is 18.8 Å². The Kier molecular flexibility index (Phi) is 5.07. The number of aliphatic hydroxyl groups is 1. The van der Waals surface area contributed by atoms with Gasteiger partial charge in [-0.25, -0.2) is 4.79 Å². The fraction of sp³-hybridized carbons (Fsp3) is 0.700. The van der Waals surface area contributed by atoms with Gasteiger partial charge in [-0.2, -0.15) is 0 Å². The predicted octanol–water partition coefficient (Wildman–Crippen LogP) is 0.982. The average Bonchev–Trinajstić information content (AvgIpc) is 2.67. The van der Waals surface area contributed by atoms with Crippen molar-refractivity contribution < 1.29 is 9.90 Å². The number of aliphatic hydroxyl groups excluding tert-OH is 1. The molecule has 4 nitrogen and oxygen atoms in total. The van der Waals surface area contributed by atoms with Crippen LogP contribution < -0.4 is 10.6 Å². The maximum atomic E-state index is 11.0. The smallest absolute Gasteiger partial charge is 0.318 e. The summed E-state index contributed by atoms with van der Waals surface area (Å²) < 4.78 is 0. The Hall–Kier alpha value is -1.03. The Balaban J connectivity index is 2.08. The van der Waals surface area contributed by atoms with Gasteiger partial charge in [0.1, 0.15) is 0 Å². The van der Waals surface area contributed by atoms with Crippen LogP contribution in [0.5, 0.6) is 0 Å². The SMILES string of the molecule is O=C(N/C=C/C1CCCC1)NCCO. The zero-order valence-electron chi connectivity index (χ0n) is 8.33. The van der Waals surface area contributed by atoms with Gasteiger partial charge in [0.2, 0.25) is 0 Å². The Bertz CT molecular complexity index is 198. The summed E-state index contributed by atoms with van der Waals surface area (Å²) in [5, 5.41) is 13.6. The van der Waals surface area contributed by atoms with E-state index in [1.54, 1.807) is 6.20 Å². The van der Waals surface area contributed by atoms with Gasteiger partial charge in [0, 0.05) is 12.7 Å². The molecule has 1 saturated carbocycles. The molecule has 0 unspecified atom stereocenters. The molecule has 0 radical (unpaired) electrons. The zero-order valence-corrected chi connectivity index (χ0v) is 8.33. The Morgan fingerprint density at radius 1 is 1.43 bits per heavy atom. The van der Waals surface area contributed by atoms with E-state index in [4.69, 9.17) is 5.11 Å². The fourth-order valence-corrected chi connectivity index (χ4v) is 1.63. The van der Waals surface area contributed by atoms with E-state index in [0.29, 0.717) is 12.5 Å². The third-order valence-electron chi connectivity index (χ3n) is 2.38. The van der Waals surface area contributed by atoms with Gasteiger partial charge in [-0.15, -0.1) is 0 Å².